The van der Waals surface area contributed by atoms with Gasteiger partial charge in [-0.25, -0.2) is 8.42 Å². The van der Waals surface area contributed by atoms with Gasteiger partial charge in [0.2, 0.25) is 0 Å². The van der Waals surface area contributed by atoms with Crippen LogP contribution in [0.5, 0.6) is 5.75 Å². The normalized spacial score (nSPS) is 10.9. The van der Waals surface area contributed by atoms with E-state index in [4.69, 9.17) is 16.3 Å². The number of para-hydroxylation sites is 1. The van der Waals surface area contributed by atoms with Crippen LogP contribution in [0.25, 0.3) is 0 Å². The molecule has 0 bridgehead atoms. The van der Waals surface area contributed by atoms with Gasteiger partial charge in [-0.15, -0.1) is 0 Å². The Kier molecular flexibility index (Phi) is 5.87. The zero-order valence-corrected chi connectivity index (χ0v) is 16.4. The standard InChI is InChI=1S/C20H17ClN2O4S/c1-27-16-11-9-15(10-12-16)22-20(24)18-7-2-3-8-19(18)23-28(25,26)17-6-4-5-14(21)13-17/h2-13,23H,1H3,(H,22,24). The van der Waals surface area contributed by atoms with E-state index in [0.717, 1.165) is 0 Å². The lowest BCUT2D eigenvalue weighted by Crippen LogP contribution is -2.18. The second-order valence-electron chi connectivity index (χ2n) is 5.79. The molecule has 0 saturated heterocycles. The van der Waals surface area contributed by atoms with E-state index < -0.39 is 15.9 Å². The van der Waals surface area contributed by atoms with Crippen molar-refractivity contribution in [2.45, 2.75) is 4.90 Å². The van der Waals surface area contributed by atoms with E-state index in [0.29, 0.717) is 16.5 Å². The lowest BCUT2D eigenvalue weighted by molar-refractivity contribution is 0.102. The summed E-state index contributed by atoms with van der Waals surface area (Å²) < 4.78 is 32.8. The summed E-state index contributed by atoms with van der Waals surface area (Å²) in [6, 6.07) is 19.0. The molecule has 3 aromatic rings. The third-order valence-corrected chi connectivity index (χ3v) is 5.47. The second-order valence-corrected chi connectivity index (χ2v) is 7.91. The predicted molar refractivity (Wildman–Crippen MR) is 110 cm³/mol. The maximum Gasteiger partial charge on any atom is 0.261 e. The van der Waals surface area contributed by atoms with Gasteiger partial charge >= 0.3 is 0 Å². The summed E-state index contributed by atoms with van der Waals surface area (Å²) in [5.41, 5.74) is 0.899. The molecule has 3 rings (SSSR count). The average Bonchev–Trinajstić information content (AvgIpc) is 2.68. The highest BCUT2D eigenvalue weighted by molar-refractivity contribution is 7.92. The number of amides is 1. The molecule has 0 aliphatic heterocycles. The van der Waals surface area contributed by atoms with Crippen LogP contribution in [0.15, 0.2) is 77.7 Å². The molecule has 1 amide bonds. The third-order valence-electron chi connectivity index (χ3n) is 3.87. The first-order valence-corrected chi connectivity index (χ1v) is 10.1. The zero-order chi connectivity index (χ0) is 20.1. The molecular weight excluding hydrogens is 400 g/mol. The van der Waals surface area contributed by atoms with Crippen LogP contribution in [-0.2, 0) is 10.0 Å². The van der Waals surface area contributed by atoms with Gasteiger partial charge in [0.1, 0.15) is 5.75 Å². The van der Waals surface area contributed by atoms with Crippen molar-refractivity contribution in [3.8, 4) is 5.75 Å². The van der Waals surface area contributed by atoms with Gasteiger partial charge in [-0.05, 0) is 54.6 Å². The fourth-order valence-corrected chi connectivity index (χ4v) is 3.86. The maximum absolute atomic E-state index is 12.7. The first-order chi connectivity index (χ1) is 13.4. The highest BCUT2D eigenvalue weighted by atomic mass is 35.5. The molecule has 3 aromatic carbocycles. The molecule has 28 heavy (non-hydrogen) atoms. The molecule has 0 heterocycles. The minimum Gasteiger partial charge on any atom is -0.497 e. The number of ether oxygens (including phenoxy) is 1. The lowest BCUT2D eigenvalue weighted by Gasteiger charge is -2.13. The molecule has 0 atom stereocenters. The molecule has 8 heteroatoms. The monoisotopic (exact) mass is 416 g/mol. The zero-order valence-electron chi connectivity index (χ0n) is 14.8. The molecule has 144 valence electrons. The van der Waals surface area contributed by atoms with E-state index in [1.807, 2.05) is 0 Å². The predicted octanol–water partition coefficient (Wildman–Crippen LogP) is 4.40. The van der Waals surface area contributed by atoms with Gasteiger partial charge in [0.05, 0.1) is 23.3 Å². The molecule has 0 fully saturated rings. The molecule has 6 nitrogen and oxygen atoms in total. The summed E-state index contributed by atoms with van der Waals surface area (Å²) in [5.74, 6) is 0.210. The SMILES string of the molecule is COc1ccc(NC(=O)c2ccccc2NS(=O)(=O)c2cccc(Cl)c2)cc1. The van der Waals surface area contributed by atoms with E-state index in [2.05, 4.69) is 10.0 Å². The van der Waals surface area contributed by atoms with Crippen LogP contribution in [0.2, 0.25) is 5.02 Å². The first-order valence-electron chi connectivity index (χ1n) is 8.22. The molecule has 0 unspecified atom stereocenters. The molecule has 0 spiro atoms. The second kappa shape index (κ2) is 8.33. The van der Waals surface area contributed by atoms with E-state index in [1.165, 1.54) is 24.3 Å². The van der Waals surface area contributed by atoms with Crippen molar-refractivity contribution in [3.05, 3.63) is 83.4 Å². The fourth-order valence-electron chi connectivity index (χ4n) is 2.48. The molecule has 0 radical (unpaired) electrons. The maximum atomic E-state index is 12.7. The van der Waals surface area contributed by atoms with Gasteiger partial charge in [0.25, 0.3) is 15.9 Å². The molecule has 0 aromatic heterocycles. The van der Waals surface area contributed by atoms with Crippen LogP contribution in [0.3, 0.4) is 0 Å². The van der Waals surface area contributed by atoms with Gasteiger partial charge in [0.15, 0.2) is 0 Å². The average molecular weight is 417 g/mol. The topological polar surface area (TPSA) is 84.5 Å². The van der Waals surface area contributed by atoms with E-state index in [9.17, 15) is 13.2 Å². The number of carbonyl (C=O) groups excluding carboxylic acids is 1. The first kappa shape index (κ1) is 19.7. The van der Waals surface area contributed by atoms with Gasteiger partial charge < -0.3 is 10.1 Å². The highest BCUT2D eigenvalue weighted by Gasteiger charge is 2.19. The molecule has 2 N–H and O–H groups in total. The van der Waals surface area contributed by atoms with Crippen molar-refractivity contribution in [2.24, 2.45) is 0 Å². The summed E-state index contributed by atoms with van der Waals surface area (Å²) in [6.45, 7) is 0. The van der Waals surface area contributed by atoms with Gasteiger partial charge in [-0.3, -0.25) is 9.52 Å². The molecule has 0 saturated carbocycles. The van der Waals surface area contributed by atoms with Gasteiger partial charge in [0, 0.05) is 10.7 Å². The summed E-state index contributed by atoms with van der Waals surface area (Å²) in [4.78, 5) is 12.7. The van der Waals surface area contributed by atoms with Crippen molar-refractivity contribution < 1.29 is 17.9 Å². The number of rotatable bonds is 6. The molecule has 0 aliphatic rings. The van der Waals surface area contributed by atoms with Crippen LogP contribution in [0.4, 0.5) is 11.4 Å². The minimum absolute atomic E-state index is 0.00497. The van der Waals surface area contributed by atoms with E-state index >= 15 is 0 Å². The number of nitrogens with one attached hydrogen (secondary N) is 2. The Balaban J connectivity index is 1.85. The number of halogens is 1. The van der Waals surface area contributed by atoms with E-state index in [-0.39, 0.29) is 16.1 Å². The van der Waals surface area contributed by atoms with Crippen molar-refractivity contribution in [1.82, 2.24) is 0 Å². The van der Waals surface area contributed by atoms with Crippen molar-refractivity contribution >= 4 is 38.9 Å². The lowest BCUT2D eigenvalue weighted by atomic mass is 10.1. The van der Waals surface area contributed by atoms with Crippen molar-refractivity contribution in [2.75, 3.05) is 17.1 Å². The number of benzene rings is 3. The van der Waals surface area contributed by atoms with Crippen LogP contribution >= 0.6 is 11.6 Å². The summed E-state index contributed by atoms with van der Waals surface area (Å²) in [6.07, 6.45) is 0. The number of carbonyl (C=O) groups is 1. The van der Waals surface area contributed by atoms with Crippen molar-refractivity contribution in [1.29, 1.82) is 0 Å². The Morgan fingerprint density at radius 2 is 1.68 bits per heavy atom. The Morgan fingerprint density at radius 1 is 0.964 bits per heavy atom. The Labute approximate surface area is 168 Å². The van der Waals surface area contributed by atoms with Crippen LogP contribution in [-0.4, -0.2) is 21.4 Å². The quantitative estimate of drug-likeness (QED) is 0.623. The minimum atomic E-state index is -3.90. The van der Waals surface area contributed by atoms with Gasteiger partial charge in [-0.2, -0.15) is 0 Å². The smallest absolute Gasteiger partial charge is 0.261 e. The summed E-state index contributed by atoms with van der Waals surface area (Å²) >= 11 is 5.88. The number of hydrogen-bond donors (Lipinski definition) is 2. The van der Waals surface area contributed by atoms with Crippen LogP contribution < -0.4 is 14.8 Å². The number of methoxy groups -OCH3 is 1. The number of anilines is 2. The van der Waals surface area contributed by atoms with Crippen LogP contribution in [0, 0.1) is 0 Å². The largest absolute Gasteiger partial charge is 0.497 e. The van der Waals surface area contributed by atoms with Crippen LogP contribution in [0.1, 0.15) is 10.4 Å². The number of hydrogen-bond acceptors (Lipinski definition) is 4. The van der Waals surface area contributed by atoms with Crippen molar-refractivity contribution in [3.63, 3.8) is 0 Å². The Hall–Kier alpha value is -3.03. The molecule has 0 aliphatic carbocycles. The van der Waals surface area contributed by atoms with E-state index in [1.54, 1.807) is 55.6 Å². The van der Waals surface area contributed by atoms with Gasteiger partial charge in [-0.1, -0.05) is 29.8 Å². The Bertz CT molecular complexity index is 1100. The highest BCUT2D eigenvalue weighted by Crippen LogP contribution is 2.23. The third kappa shape index (κ3) is 4.62. The summed E-state index contributed by atoms with van der Waals surface area (Å²) in [7, 11) is -2.35. The number of sulfonamides is 1. The molecular formula is C20H17ClN2O4S. The summed E-state index contributed by atoms with van der Waals surface area (Å²) in [5, 5.41) is 3.03. The fraction of sp³-hybridized carbons (Fsp3) is 0.0500. The Morgan fingerprint density at radius 3 is 2.36 bits per heavy atom.